The van der Waals surface area contributed by atoms with Crippen LogP contribution in [0.5, 0.6) is 5.75 Å². The monoisotopic (exact) mass is 443 g/mol. The molecule has 32 heavy (non-hydrogen) atoms. The number of fused-ring (bicyclic) bond motifs is 1. The van der Waals surface area contributed by atoms with Crippen LogP contribution in [-0.4, -0.2) is 5.97 Å². The molecule has 4 unspecified atom stereocenters. The zero-order valence-electron chi connectivity index (χ0n) is 19.1. The van der Waals surface area contributed by atoms with Crippen LogP contribution in [0.1, 0.15) is 89.5 Å². The molecular formula is C27H35F2NO2. The molecule has 5 heteroatoms. The average Bonchev–Trinajstić information content (AvgIpc) is 2.82. The summed E-state index contributed by atoms with van der Waals surface area (Å²) in [6, 6.07) is 3.94. The number of carbonyl (C=O) groups excluding carboxylic acids is 1. The number of rotatable bonds is 5. The molecular weight excluding hydrogens is 408 g/mol. The molecule has 0 heterocycles. The van der Waals surface area contributed by atoms with E-state index < -0.39 is 23.4 Å². The lowest BCUT2D eigenvalue weighted by Gasteiger charge is -2.46. The molecule has 3 aliphatic rings. The van der Waals surface area contributed by atoms with Gasteiger partial charge >= 0.3 is 5.97 Å². The molecule has 0 amide bonds. The van der Waals surface area contributed by atoms with Crippen molar-refractivity contribution in [3.63, 3.8) is 0 Å². The molecule has 174 valence electrons. The molecule has 0 spiro atoms. The second-order valence-corrected chi connectivity index (χ2v) is 10.4. The fourth-order valence-electron chi connectivity index (χ4n) is 6.96. The van der Waals surface area contributed by atoms with Gasteiger partial charge in [-0.2, -0.15) is 9.65 Å². The minimum absolute atomic E-state index is 0.243. The SMILES string of the molecule is CCCC1CCC(C2CCC3C(CCCC3C(=O)Oc3ccc(C#N)c(F)c3F)C2)CC1. The molecule has 0 radical (unpaired) electrons. The first-order valence-corrected chi connectivity index (χ1v) is 12.6. The maximum atomic E-state index is 14.2. The standard InChI is InChI=1S/C27H35F2NO2/c1-2-4-17-7-9-18(10-8-17)19-11-13-22-20(15-19)5-3-6-23(22)27(31)32-24-14-12-21(16-30)25(28)26(24)29/h12,14,17-20,22-23H,2-11,13,15H2,1H3. The normalized spacial score (nSPS) is 32.6. The highest BCUT2D eigenvalue weighted by Crippen LogP contribution is 2.50. The van der Waals surface area contributed by atoms with Crippen LogP contribution in [0.4, 0.5) is 8.78 Å². The topological polar surface area (TPSA) is 50.1 Å². The first-order chi connectivity index (χ1) is 15.5. The Morgan fingerprint density at radius 2 is 1.75 bits per heavy atom. The molecule has 3 aliphatic carbocycles. The van der Waals surface area contributed by atoms with Crippen LogP contribution >= 0.6 is 0 Å². The van der Waals surface area contributed by atoms with Crippen LogP contribution in [0.2, 0.25) is 0 Å². The highest BCUT2D eigenvalue weighted by Gasteiger charge is 2.43. The predicted molar refractivity (Wildman–Crippen MR) is 119 cm³/mol. The fourth-order valence-corrected chi connectivity index (χ4v) is 6.96. The van der Waals surface area contributed by atoms with E-state index in [2.05, 4.69) is 6.92 Å². The van der Waals surface area contributed by atoms with E-state index in [0.29, 0.717) is 5.92 Å². The summed E-state index contributed by atoms with van der Waals surface area (Å²) in [6.45, 7) is 2.28. The van der Waals surface area contributed by atoms with Crippen molar-refractivity contribution in [3.05, 3.63) is 29.3 Å². The Bertz CT molecular complexity index is 856. The van der Waals surface area contributed by atoms with E-state index in [1.807, 2.05) is 0 Å². The molecule has 4 atom stereocenters. The van der Waals surface area contributed by atoms with Gasteiger partial charge in [-0.15, -0.1) is 0 Å². The Kier molecular flexibility index (Phi) is 7.48. The van der Waals surface area contributed by atoms with Gasteiger partial charge in [0.2, 0.25) is 5.82 Å². The largest absolute Gasteiger partial charge is 0.423 e. The van der Waals surface area contributed by atoms with E-state index in [0.717, 1.165) is 49.5 Å². The second kappa shape index (κ2) is 10.3. The van der Waals surface area contributed by atoms with Gasteiger partial charge in [0.15, 0.2) is 11.6 Å². The molecule has 0 saturated heterocycles. The third-order valence-corrected chi connectivity index (χ3v) is 8.62. The van der Waals surface area contributed by atoms with E-state index in [1.54, 1.807) is 6.07 Å². The second-order valence-electron chi connectivity index (χ2n) is 10.4. The van der Waals surface area contributed by atoms with Crippen molar-refractivity contribution in [2.45, 2.75) is 84.0 Å². The first kappa shape index (κ1) is 23.2. The van der Waals surface area contributed by atoms with Gasteiger partial charge in [0.25, 0.3) is 0 Å². The van der Waals surface area contributed by atoms with Crippen molar-refractivity contribution in [3.8, 4) is 11.8 Å². The summed E-state index contributed by atoms with van der Waals surface area (Å²) in [5.41, 5.74) is -0.387. The summed E-state index contributed by atoms with van der Waals surface area (Å²) in [7, 11) is 0. The van der Waals surface area contributed by atoms with Crippen LogP contribution in [0.15, 0.2) is 12.1 Å². The molecule has 1 aromatic carbocycles. The van der Waals surface area contributed by atoms with Gasteiger partial charge < -0.3 is 4.74 Å². The van der Waals surface area contributed by atoms with Crippen LogP contribution in [0, 0.1) is 58.5 Å². The van der Waals surface area contributed by atoms with Crippen molar-refractivity contribution >= 4 is 5.97 Å². The van der Waals surface area contributed by atoms with Crippen LogP contribution in [0.25, 0.3) is 0 Å². The summed E-state index contributed by atoms with van der Waals surface area (Å²) >= 11 is 0. The summed E-state index contributed by atoms with van der Waals surface area (Å²) in [5, 5.41) is 8.84. The van der Waals surface area contributed by atoms with Crippen molar-refractivity contribution in [1.82, 2.24) is 0 Å². The van der Waals surface area contributed by atoms with Gasteiger partial charge in [0, 0.05) is 0 Å². The van der Waals surface area contributed by atoms with Gasteiger partial charge in [0.1, 0.15) is 6.07 Å². The molecule has 0 aliphatic heterocycles. The van der Waals surface area contributed by atoms with Crippen molar-refractivity contribution in [2.24, 2.45) is 35.5 Å². The number of carbonyl (C=O) groups is 1. The van der Waals surface area contributed by atoms with E-state index in [-0.39, 0.29) is 17.4 Å². The van der Waals surface area contributed by atoms with E-state index in [9.17, 15) is 13.6 Å². The summed E-state index contributed by atoms with van der Waals surface area (Å²) in [6.07, 6.45) is 14.5. The number of ether oxygens (including phenoxy) is 1. The minimum Gasteiger partial charge on any atom is -0.423 e. The maximum absolute atomic E-state index is 14.2. The lowest BCUT2D eigenvalue weighted by Crippen LogP contribution is -2.40. The number of benzene rings is 1. The zero-order chi connectivity index (χ0) is 22.7. The highest BCUT2D eigenvalue weighted by molar-refractivity contribution is 5.75. The maximum Gasteiger partial charge on any atom is 0.314 e. The number of hydrogen-bond donors (Lipinski definition) is 0. The van der Waals surface area contributed by atoms with E-state index in [1.165, 1.54) is 57.4 Å². The van der Waals surface area contributed by atoms with Crippen LogP contribution in [-0.2, 0) is 4.79 Å². The van der Waals surface area contributed by atoms with Crippen molar-refractivity contribution in [1.29, 1.82) is 5.26 Å². The lowest BCUT2D eigenvalue weighted by atomic mass is 9.59. The molecule has 1 aromatic rings. The molecule has 3 nitrogen and oxygen atoms in total. The quantitative estimate of drug-likeness (QED) is 0.358. The lowest BCUT2D eigenvalue weighted by molar-refractivity contribution is -0.144. The molecule has 3 fully saturated rings. The van der Waals surface area contributed by atoms with Crippen LogP contribution < -0.4 is 4.74 Å². The molecule has 3 saturated carbocycles. The van der Waals surface area contributed by atoms with Gasteiger partial charge in [-0.3, -0.25) is 4.79 Å². The highest BCUT2D eigenvalue weighted by atomic mass is 19.2. The molecule has 4 rings (SSSR count). The predicted octanol–water partition coefficient (Wildman–Crippen LogP) is 7.18. The summed E-state index contributed by atoms with van der Waals surface area (Å²) in [4.78, 5) is 12.9. The summed E-state index contributed by atoms with van der Waals surface area (Å²) in [5.74, 6) is -0.244. The molecule has 0 aromatic heterocycles. The Labute approximate surface area is 190 Å². The Balaban J connectivity index is 1.36. The molecule has 0 bridgehead atoms. The number of nitriles is 1. The number of nitrogens with zero attached hydrogens (tertiary/aromatic N) is 1. The van der Waals surface area contributed by atoms with Gasteiger partial charge in [-0.05, 0) is 80.2 Å². The van der Waals surface area contributed by atoms with E-state index in [4.69, 9.17) is 10.00 Å². The zero-order valence-corrected chi connectivity index (χ0v) is 19.1. The summed E-state index contributed by atoms with van der Waals surface area (Å²) < 4.78 is 33.5. The average molecular weight is 444 g/mol. The third kappa shape index (κ3) is 4.85. The molecule has 0 N–H and O–H groups in total. The number of esters is 1. The first-order valence-electron chi connectivity index (χ1n) is 12.6. The smallest absolute Gasteiger partial charge is 0.314 e. The fraction of sp³-hybridized carbons (Fsp3) is 0.704. The Morgan fingerprint density at radius 3 is 2.47 bits per heavy atom. The van der Waals surface area contributed by atoms with Crippen molar-refractivity contribution < 1.29 is 18.3 Å². The minimum atomic E-state index is -1.26. The van der Waals surface area contributed by atoms with Gasteiger partial charge in [-0.1, -0.05) is 45.4 Å². The Morgan fingerprint density at radius 1 is 1.00 bits per heavy atom. The number of hydrogen-bond acceptors (Lipinski definition) is 3. The van der Waals surface area contributed by atoms with Crippen LogP contribution in [0.3, 0.4) is 0 Å². The Hall–Kier alpha value is -1.96. The van der Waals surface area contributed by atoms with Gasteiger partial charge in [0.05, 0.1) is 11.5 Å². The van der Waals surface area contributed by atoms with Gasteiger partial charge in [-0.25, -0.2) is 4.39 Å². The van der Waals surface area contributed by atoms with Crippen molar-refractivity contribution in [2.75, 3.05) is 0 Å². The van der Waals surface area contributed by atoms with E-state index >= 15 is 0 Å². The number of halogens is 2. The third-order valence-electron chi connectivity index (χ3n) is 8.62.